The third-order valence-electron chi connectivity index (χ3n) is 6.29. The Morgan fingerprint density at radius 1 is 1.43 bits per heavy atom. The number of aldehydes is 1. The van der Waals surface area contributed by atoms with Crippen molar-refractivity contribution in [2.75, 3.05) is 0 Å². The highest BCUT2D eigenvalue weighted by Gasteiger charge is 2.77. The van der Waals surface area contributed by atoms with Crippen LogP contribution in [0.2, 0.25) is 0 Å². The van der Waals surface area contributed by atoms with E-state index in [0.717, 1.165) is 5.57 Å². The normalized spacial score (nSPS) is 53.0. The third kappa shape index (κ3) is 1.68. The predicted molar refractivity (Wildman–Crippen MR) is 77.5 cm³/mol. The number of ketones is 1. The lowest BCUT2D eigenvalue weighted by atomic mass is 9.56. The zero-order valence-electron chi connectivity index (χ0n) is 13.6. The maximum Gasteiger partial charge on any atom is 0.303 e. The van der Waals surface area contributed by atoms with Crippen LogP contribution in [0.5, 0.6) is 0 Å². The summed E-state index contributed by atoms with van der Waals surface area (Å²) >= 11 is 0. The highest BCUT2D eigenvalue weighted by atomic mass is 16.6. The maximum absolute atomic E-state index is 12.6. The summed E-state index contributed by atoms with van der Waals surface area (Å²) in [5.41, 5.74) is -1.61. The van der Waals surface area contributed by atoms with Crippen molar-refractivity contribution in [3.63, 3.8) is 0 Å². The van der Waals surface area contributed by atoms with E-state index in [9.17, 15) is 14.4 Å². The number of fused-ring (bicyclic) bond motifs is 3. The van der Waals surface area contributed by atoms with E-state index >= 15 is 0 Å². The summed E-state index contributed by atoms with van der Waals surface area (Å²) < 4.78 is 16.8. The number of epoxide rings is 2. The summed E-state index contributed by atoms with van der Waals surface area (Å²) in [5.74, 6) is -0.535. The largest absolute Gasteiger partial charge is 0.459 e. The van der Waals surface area contributed by atoms with Gasteiger partial charge in [0, 0.05) is 18.3 Å². The van der Waals surface area contributed by atoms with E-state index in [0.29, 0.717) is 12.7 Å². The molecule has 23 heavy (non-hydrogen) atoms. The molecule has 6 nitrogen and oxygen atoms in total. The summed E-state index contributed by atoms with van der Waals surface area (Å²) in [6.07, 6.45) is 2.02. The molecule has 2 saturated heterocycles. The predicted octanol–water partition coefficient (Wildman–Crippen LogP) is 0.967. The summed E-state index contributed by atoms with van der Waals surface area (Å²) in [6.45, 7) is 7.08. The molecule has 4 rings (SSSR count). The van der Waals surface area contributed by atoms with Crippen LogP contribution in [0, 0.1) is 11.3 Å². The Morgan fingerprint density at radius 2 is 2.13 bits per heavy atom. The van der Waals surface area contributed by atoms with Gasteiger partial charge in [-0.15, -0.1) is 0 Å². The second-order valence-corrected chi connectivity index (χ2v) is 7.60. The quantitative estimate of drug-likeness (QED) is 0.428. The van der Waals surface area contributed by atoms with E-state index in [1.165, 1.54) is 6.92 Å². The molecule has 7 atom stereocenters. The van der Waals surface area contributed by atoms with Crippen LogP contribution in [0.3, 0.4) is 0 Å². The van der Waals surface area contributed by atoms with Gasteiger partial charge in [0.2, 0.25) is 0 Å². The first-order valence-corrected chi connectivity index (χ1v) is 7.94. The molecule has 0 radical (unpaired) electrons. The molecule has 3 fully saturated rings. The fourth-order valence-electron chi connectivity index (χ4n) is 4.55. The monoisotopic (exact) mass is 320 g/mol. The fraction of sp³-hybridized carbons (Fsp3) is 0.706. The Balaban J connectivity index is 1.74. The van der Waals surface area contributed by atoms with Gasteiger partial charge in [0.25, 0.3) is 0 Å². The van der Waals surface area contributed by atoms with Crippen molar-refractivity contribution in [2.24, 2.45) is 11.3 Å². The van der Waals surface area contributed by atoms with Gasteiger partial charge in [-0.3, -0.25) is 9.59 Å². The van der Waals surface area contributed by atoms with Crippen LogP contribution in [0.1, 0.15) is 34.1 Å². The highest BCUT2D eigenvalue weighted by Crippen LogP contribution is 2.65. The van der Waals surface area contributed by atoms with Crippen molar-refractivity contribution < 1.29 is 28.6 Å². The summed E-state index contributed by atoms with van der Waals surface area (Å²) in [4.78, 5) is 35.3. The van der Waals surface area contributed by atoms with Crippen molar-refractivity contribution >= 4 is 18.0 Å². The number of hydrogen-bond donors (Lipinski definition) is 0. The molecule has 6 heteroatoms. The van der Waals surface area contributed by atoms with Gasteiger partial charge in [0.05, 0.1) is 0 Å². The summed E-state index contributed by atoms with van der Waals surface area (Å²) in [6, 6.07) is 0. The molecule has 0 aromatic rings. The molecule has 1 saturated carbocycles. The summed E-state index contributed by atoms with van der Waals surface area (Å²) in [7, 11) is 0. The zero-order valence-corrected chi connectivity index (χ0v) is 13.6. The van der Waals surface area contributed by atoms with E-state index in [2.05, 4.69) is 0 Å². The Morgan fingerprint density at radius 3 is 2.70 bits per heavy atom. The molecular weight excluding hydrogens is 300 g/mol. The minimum absolute atomic E-state index is 0.0357. The first kappa shape index (κ1) is 15.0. The van der Waals surface area contributed by atoms with Crippen molar-refractivity contribution in [3.05, 3.63) is 11.6 Å². The molecule has 1 unspecified atom stereocenters. The molecule has 2 aliphatic carbocycles. The average Bonchev–Trinajstić information content (AvgIpc) is 3.36. The van der Waals surface area contributed by atoms with Gasteiger partial charge < -0.3 is 19.0 Å². The first-order valence-electron chi connectivity index (χ1n) is 7.94. The Hall–Kier alpha value is -1.53. The van der Waals surface area contributed by atoms with Crippen LogP contribution < -0.4 is 0 Å². The van der Waals surface area contributed by atoms with Crippen LogP contribution in [0.4, 0.5) is 0 Å². The van der Waals surface area contributed by atoms with Gasteiger partial charge in [-0.2, -0.15) is 0 Å². The standard InChI is InChI=1S/C17H20O6/c1-8-12(21-9(2)19)14-13(22-14)10-5-11(20)17(6-15(8,10)3)16(4,7-18)23-17/h5,7-8,12-14H,6H2,1-4H3/t8-,12?,13-,14+,15+,16+,17-/m0/s1. The summed E-state index contributed by atoms with van der Waals surface area (Å²) in [5, 5.41) is 0. The van der Waals surface area contributed by atoms with Gasteiger partial charge in [-0.1, -0.05) is 13.8 Å². The lowest BCUT2D eigenvalue weighted by molar-refractivity contribution is -0.153. The van der Waals surface area contributed by atoms with Crippen LogP contribution in [0.15, 0.2) is 11.6 Å². The first-order chi connectivity index (χ1) is 10.7. The zero-order chi connectivity index (χ0) is 16.8. The molecule has 0 aromatic heterocycles. The molecule has 2 heterocycles. The minimum Gasteiger partial charge on any atom is -0.459 e. The molecule has 124 valence electrons. The van der Waals surface area contributed by atoms with E-state index < -0.39 is 16.6 Å². The van der Waals surface area contributed by atoms with Crippen molar-refractivity contribution in [2.45, 2.75) is 63.6 Å². The molecule has 2 aliphatic heterocycles. The molecule has 4 aliphatic rings. The molecule has 0 bridgehead atoms. The van der Waals surface area contributed by atoms with E-state index in [1.807, 2.05) is 13.8 Å². The molecule has 1 spiro atoms. The number of hydrogen-bond acceptors (Lipinski definition) is 6. The molecule has 0 aromatic carbocycles. The van der Waals surface area contributed by atoms with Crippen molar-refractivity contribution in [1.29, 1.82) is 0 Å². The Labute approximate surface area is 134 Å². The van der Waals surface area contributed by atoms with Gasteiger partial charge in [-0.25, -0.2) is 0 Å². The van der Waals surface area contributed by atoms with Crippen molar-refractivity contribution in [1.82, 2.24) is 0 Å². The van der Waals surface area contributed by atoms with Crippen LogP contribution >= 0.6 is 0 Å². The topological polar surface area (TPSA) is 85.5 Å². The number of ether oxygens (including phenoxy) is 3. The Bertz CT molecular complexity index is 668. The average molecular weight is 320 g/mol. The van der Waals surface area contributed by atoms with Crippen LogP contribution in [0.25, 0.3) is 0 Å². The van der Waals surface area contributed by atoms with Gasteiger partial charge >= 0.3 is 5.97 Å². The third-order valence-corrected chi connectivity index (χ3v) is 6.29. The molecule has 0 N–H and O–H groups in total. The maximum atomic E-state index is 12.6. The smallest absolute Gasteiger partial charge is 0.303 e. The highest BCUT2D eigenvalue weighted by molar-refractivity contribution is 6.06. The van der Waals surface area contributed by atoms with E-state index in [4.69, 9.17) is 14.2 Å². The number of carbonyl (C=O) groups is 3. The van der Waals surface area contributed by atoms with Gasteiger partial charge in [-0.05, 0) is 25.0 Å². The number of esters is 1. The minimum atomic E-state index is -1.08. The van der Waals surface area contributed by atoms with Crippen molar-refractivity contribution in [3.8, 4) is 0 Å². The van der Waals surface area contributed by atoms with E-state index in [-0.39, 0.29) is 36.0 Å². The second-order valence-electron chi connectivity index (χ2n) is 7.60. The van der Waals surface area contributed by atoms with Gasteiger partial charge in [0.1, 0.15) is 18.3 Å². The molecule has 0 amide bonds. The number of rotatable bonds is 2. The second kappa shape index (κ2) is 4.11. The fourth-order valence-corrected chi connectivity index (χ4v) is 4.55. The van der Waals surface area contributed by atoms with E-state index in [1.54, 1.807) is 13.0 Å². The molecular formula is C17H20O6. The number of carbonyl (C=O) groups excluding carboxylic acids is 3. The lowest BCUT2D eigenvalue weighted by Crippen LogP contribution is -2.53. The SMILES string of the molecule is CC(=O)OC1[C@H]2O[C@H]2C2=CC(=O)[C@]3(C[C@]2(C)[C@H]1C)O[C@]3(C)C=O. The lowest BCUT2D eigenvalue weighted by Gasteiger charge is -2.47. The van der Waals surface area contributed by atoms with Crippen LogP contribution in [-0.2, 0) is 28.6 Å². The van der Waals surface area contributed by atoms with Gasteiger partial charge in [0.15, 0.2) is 23.3 Å². The van der Waals surface area contributed by atoms with Crippen LogP contribution in [-0.4, -0.2) is 47.6 Å². The Kier molecular flexibility index (Phi) is 2.68.